The number of hydrogen-bond donors (Lipinski definition) is 7. The summed E-state index contributed by atoms with van der Waals surface area (Å²) in [4.78, 5) is 12.6. The van der Waals surface area contributed by atoms with Gasteiger partial charge in [0.25, 0.3) is 20.2 Å². The average molecular weight is 601 g/mol. The number of nitrogens with two attached hydrogens (primary N) is 2. The van der Waals surface area contributed by atoms with Crippen LogP contribution in [-0.4, -0.2) is 56.3 Å². The highest BCUT2D eigenvalue weighted by Crippen LogP contribution is 2.23. The van der Waals surface area contributed by atoms with Crippen molar-refractivity contribution in [3.05, 3.63) is 78.8 Å². The molecule has 0 atom stereocenters. The summed E-state index contributed by atoms with van der Waals surface area (Å²) in [6.07, 6.45) is 4.28. The molecule has 0 unspecified atom stereocenters. The topological polar surface area (TPSA) is 272 Å². The normalized spacial score (nSPS) is 14.1. The molecule has 0 saturated heterocycles. The third-order valence-electron chi connectivity index (χ3n) is 5.47. The van der Waals surface area contributed by atoms with Crippen molar-refractivity contribution in [2.75, 3.05) is 10.0 Å². The highest BCUT2D eigenvalue weighted by atomic mass is 32.2. The van der Waals surface area contributed by atoms with Gasteiger partial charge in [0.05, 0.1) is 39.3 Å². The maximum absolute atomic E-state index is 11.3. The van der Waals surface area contributed by atoms with Crippen molar-refractivity contribution in [1.29, 1.82) is 0 Å². The van der Waals surface area contributed by atoms with Gasteiger partial charge in [0.1, 0.15) is 11.4 Å². The molecule has 0 saturated carbocycles. The van der Waals surface area contributed by atoms with E-state index in [2.05, 4.69) is 41.3 Å². The van der Waals surface area contributed by atoms with E-state index in [4.69, 9.17) is 16.1 Å². The van der Waals surface area contributed by atoms with Crippen molar-refractivity contribution in [3.63, 3.8) is 0 Å². The molecule has 0 spiro atoms. The second-order valence-electron chi connectivity index (χ2n) is 8.24. The van der Waals surface area contributed by atoms with Gasteiger partial charge in [-0.1, -0.05) is 0 Å². The van der Waals surface area contributed by atoms with Crippen LogP contribution in [0, 0.1) is 0 Å². The number of anilines is 2. The molecule has 2 aromatic carbocycles. The Morgan fingerprint density at radius 3 is 2.10 bits per heavy atom. The fourth-order valence-corrected chi connectivity index (χ4v) is 4.43. The van der Waals surface area contributed by atoms with Crippen LogP contribution in [0.2, 0.25) is 0 Å². The summed E-state index contributed by atoms with van der Waals surface area (Å²) in [7, 11) is -8.72. The minimum absolute atomic E-state index is 0.00367. The lowest BCUT2D eigenvalue weighted by Crippen LogP contribution is -2.36. The van der Waals surface area contributed by atoms with Crippen LogP contribution in [0.3, 0.4) is 0 Å². The molecule has 4 aromatic rings. The van der Waals surface area contributed by atoms with Crippen LogP contribution in [-0.2, 0) is 20.2 Å². The summed E-state index contributed by atoms with van der Waals surface area (Å²) < 4.78 is 63.6. The third-order valence-corrected chi connectivity index (χ3v) is 7.21. The first-order chi connectivity index (χ1) is 19.4. The number of hydrazine groups is 3. The predicted molar refractivity (Wildman–Crippen MR) is 143 cm³/mol. The molecule has 0 bridgehead atoms. The number of rotatable bonds is 8. The molecule has 212 valence electrons. The molecule has 9 N–H and O–H groups in total. The van der Waals surface area contributed by atoms with E-state index in [1.54, 1.807) is 6.20 Å². The number of benzene rings is 2. The van der Waals surface area contributed by atoms with Gasteiger partial charge in [-0.05, 0) is 48.5 Å². The first-order valence-electron chi connectivity index (χ1n) is 11.2. The molecule has 2 aromatic heterocycles. The maximum Gasteiger partial charge on any atom is 0.294 e. The zero-order valence-corrected chi connectivity index (χ0v) is 22.1. The molecule has 3 heterocycles. The summed E-state index contributed by atoms with van der Waals surface area (Å²) in [6.45, 7) is 0. The van der Waals surface area contributed by atoms with E-state index in [-0.39, 0.29) is 38.7 Å². The van der Waals surface area contributed by atoms with Crippen LogP contribution in [0.15, 0.2) is 76.9 Å². The molecule has 0 aliphatic carbocycles. The Kier molecular flexibility index (Phi) is 7.08. The lowest BCUT2D eigenvalue weighted by Gasteiger charge is -2.15. The van der Waals surface area contributed by atoms with Gasteiger partial charge in [-0.15, -0.1) is 5.53 Å². The number of nitrogens with zero attached hydrogens (tertiary/aromatic N) is 7. The summed E-state index contributed by atoms with van der Waals surface area (Å²) in [5.41, 5.74) is 13.5. The zero-order valence-electron chi connectivity index (χ0n) is 20.5. The van der Waals surface area contributed by atoms with Crippen molar-refractivity contribution in [3.8, 4) is 11.5 Å². The van der Waals surface area contributed by atoms with Gasteiger partial charge in [0, 0.05) is 6.20 Å². The third kappa shape index (κ3) is 6.11. The Labute approximate surface area is 231 Å². The number of aromatic nitrogens is 6. The largest absolute Gasteiger partial charge is 0.394 e. The van der Waals surface area contributed by atoms with Crippen molar-refractivity contribution in [2.24, 2.45) is 11.6 Å². The molecule has 20 heteroatoms. The summed E-state index contributed by atoms with van der Waals surface area (Å²) in [6, 6.07) is 10.5. The number of nitrogens with one attached hydrogen (secondary N) is 3. The fourth-order valence-electron chi connectivity index (χ4n) is 3.47. The van der Waals surface area contributed by atoms with Gasteiger partial charge >= 0.3 is 0 Å². The summed E-state index contributed by atoms with van der Waals surface area (Å²) in [5.74, 6) is 6.34. The number of aromatic amines is 1. The fraction of sp³-hybridized carbons (Fsp3) is 0. The minimum atomic E-state index is -4.37. The van der Waals surface area contributed by atoms with Crippen LogP contribution in [0.25, 0.3) is 22.9 Å². The number of hydrogen-bond acceptors (Lipinski definition) is 15. The molecule has 1 aliphatic heterocycles. The molecule has 0 amide bonds. The Morgan fingerprint density at radius 1 is 0.902 bits per heavy atom. The monoisotopic (exact) mass is 600 g/mol. The quantitative estimate of drug-likeness (QED) is 0.0770. The first kappa shape index (κ1) is 27.6. The molecular weight excluding hydrogens is 580 g/mol. The van der Waals surface area contributed by atoms with E-state index in [0.29, 0.717) is 17.1 Å². The molecule has 41 heavy (non-hydrogen) atoms. The molecular formula is C21H20N12O6S2. The van der Waals surface area contributed by atoms with Crippen molar-refractivity contribution in [2.45, 2.75) is 9.79 Å². The van der Waals surface area contributed by atoms with E-state index in [0.717, 1.165) is 5.01 Å². The highest BCUT2D eigenvalue weighted by molar-refractivity contribution is 7.86. The second-order valence-corrected chi connectivity index (χ2v) is 11.1. The van der Waals surface area contributed by atoms with Crippen LogP contribution < -0.4 is 32.6 Å². The van der Waals surface area contributed by atoms with Crippen molar-refractivity contribution >= 4 is 43.0 Å². The van der Waals surface area contributed by atoms with Gasteiger partial charge < -0.3 is 5.73 Å². The Morgan fingerprint density at radius 2 is 1.51 bits per heavy atom. The Hall–Kier alpha value is -4.99. The van der Waals surface area contributed by atoms with Gasteiger partial charge in [0.15, 0.2) is 17.5 Å². The summed E-state index contributed by atoms with van der Waals surface area (Å²) >= 11 is 0. The standard InChI is InChI=1S/C21H20N12O6S2/c22-16(10-32(23)12-1-5-14(6-2-12)40(34,35)36)19-25-20(17-9-24-30-28-17)27-21(26-19)18-11-33(31-29-18)13-3-7-15(8-4-13)41(37,38)39/h1-11,29,31H,22-23H2,(H,24,28,30)(H,34,35,36)(H,37,38,39)/b16-10-. The second kappa shape index (κ2) is 10.5. The lowest BCUT2D eigenvalue weighted by atomic mass is 10.3. The smallest absolute Gasteiger partial charge is 0.294 e. The maximum atomic E-state index is 11.3. The SMILES string of the molecule is N/C(=C\N(N)c1ccc(S(=O)(=O)O)cc1)c1nc(C2=CN(c3ccc(S(=O)(=O)O)cc3)NN2)nc(-c2cn[nH]n2)n1. The van der Waals surface area contributed by atoms with Gasteiger partial charge in [-0.3, -0.25) is 24.5 Å². The molecule has 18 nitrogen and oxygen atoms in total. The molecule has 0 fully saturated rings. The van der Waals surface area contributed by atoms with Gasteiger partial charge in [-0.2, -0.15) is 32.2 Å². The summed E-state index contributed by atoms with van der Waals surface area (Å²) in [5, 5.41) is 12.8. The number of H-pyrrole nitrogens is 1. The van der Waals surface area contributed by atoms with E-state index < -0.39 is 20.2 Å². The van der Waals surface area contributed by atoms with E-state index in [9.17, 15) is 21.4 Å². The van der Waals surface area contributed by atoms with Crippen molar-refractivity contribution < 1.29 is 25.9 Å². The molecule has 5 rings (SSSR count). The Balaban J connectivity index is 1.47. The van der Waals surface area contributed by atoms with Crippen LogP contribution >= 0.6 is 0 Å². The Bertz CT molecular complexity index is 1860. The molecule has 1 aliphatic rings. The van der Waals surface area contributed by atoms with Crippen LogP contribution in [0.4, 0.5) is 11.4 Å². The van der Waals surface area contributed by atoms with Gasteiger partial charge in [0.2, 0.25) is 0 Å². The van der Waals surface area contributed by atoms with E-state index in [1.165, 1.54) is 65.9 Å². The van der Waals surface area contributed by atoms with E-state index in [1.807, 2.05) is 0 Å². The predicted octanol–water partition coefficient (Wildman–Crippen LogP) is -0.385. The van der Waals surface area contributed by atoms with Crippen LogP contribution in [0.1, 0.15) is 11.6 Å². The molecule has 0 radical (unpaired) electrons. The minimum Gasteiger partial charge on any atom is -0.394 e. The lowest BCUT2D eigenvalue weighted by molar-refractivity contribution is 0.481. The highest BCUT2D eigenvalue weighted by Gasteiger charge is 2.21. The van der Waals surface area contributed by atoms with Crippen molar-refractivity contribution in [1.82, 2.24) is 41.3 Å². The first-order valence-corrected chi connectivity index (χ1v) is 14.1. The van der Waals surface area contributed by atoms with Gasteiger partial charge in [-0.25, -0.2) is 20.8 Å². The average Bonchev–Trinajstić information content (AvgIpc) is 3.65. The van der Waals surface area contributed by atoms with E-state index >= 15 is 0 Å². The van der Waals surface area contributed by atoms with Crippen LogP contribution in [0.5, 0.6) is 0 Å². The zero-order chi connectivity index (χ0) is 29.4.